The lowest BCUT2D eigenvalue weighted by atomic mass is 9.96. The van der Waals surface area contributed by atoms with Crippen molar-refractivity contribution in [3.8, 4) is 0 Å². The average molecular weight is 279 g/mol. The smallest absolute Gasteiger partial charge is 0.0224 e. The van der Waals surface area contributed by atoms with Crippen LogP contribution in [0.5, 0.6) is 0 Å². The first-order valence-corrected chi connectivity index (χ1v) is 9.06. The third-order valence-corrected chi connectivity index (χ3v) is 5.75. The highest BCUT2D eigenvalue weighted by atomic mass is 15.3. The van der Waals surface area contributed by atoms with E-state index in [4.69, 9.17) is 0 Å². The Morgan fingerprint density at radius 2 is 1.90 bits per heavy atom. The molecule has 1 N–H and O–H groups in total. The van der Waals surface area contributed by atoms with E-state index in [0.29, 0.717) is 0 Å². The predicted octanol–water partition coefficient (Wildman–Crippen LogP) is 2.32. The van der Waals surface area contributed by atoms with Crippen molar-refractivity contribution < 1.29 is 0 Å². The minimum atomic E-state index is 0.755. The van der Waals surface area contributed by atoms with Crippen LogP contribution in [0, 0.1) is 5.92 Å². The van der Waals surface area contributed by atoms with Gasteiger partial charge in [-0.3, -0.25) is 9.80 Å². The summed E-state index contributed by atoms with van der Waals surface area (Å²) < 4.78 is 0. The molecule has 2 saturated heterocycles. The molecule has 0 aromatic carbocycles. The highest BCUT2D eigenvalue weighted by Crippen LogP contribution is 2.29. The third-order valence-electron chi connectivity index (χ3n) is 5.75. The molecule has 0 spiro atoms. The Labute approximate surface area is 125 Å². The molecule has 2 unspecified atom stereocenters. The van der Waals surface area contributed by atoms with Gasteiger partial charge in [0.25, 0.3) is 0 Å². The number of hydrogen-bond acceptors (Lipinski definition) is 3. The molecule has 3 fully saturated rings. The van der Waals surface area contributed by atoms with Gasteiger partial charge in [0, 0.05) is 38.3 Å². The highest BCUT2D eigenvalue weighted by Gasteiger charge is 2.33. The second kappa shape index (κ2) is 7.24. The van der Waals surface area contributed by atoms with Gasteiger partial charge in [0.05, 0.1) is 0 Å². The summed E-state index contributed by atoms with van der Waals surface area (Å²) in [6, 6.07) is 1.63. The Morgan fingerprint density at radius 3 is 2.70 bits per heavy atom. The molecular weight excluding hydrogens is 246 g/mol. The molecule has 2 heterocycles. The lowest BCUT2D eigenvalue weighted by Crippen LogP contribution is -2.54. The first kappa shape index (κ1) is 14.8. The second-order valence-electron chi connectivity index (χ2n) is 7.20. The summed E-state index contributed by atoms with van der Waals surface area (Å²) in [7, 11) is 0. The van der Waals surface area contributed by atoms with Crippen LogP contribution in [0.3, 0.4) is 0 Å². The molecule has 20 heavy (non-hydrogen) atoms. The lowest BCUT2D eigenvalue weighted by Gasteiger charge is -2.40. The van der Waals surface area contributed by atoms with E-state index in [2.05, 4.69) is 22.0 Å². The quantitative estimate of drug-likeness (QED) is 0.805. The van der Waals surface area contributed by atoms with Crippen LogP contribution in [0.4, 0.5) is 0 Å². The van der Waals surface area contributed by atoms with Crippen molar-refractivity contribution in [3.63, 3.8) is 0 Å². The highest BCUT2D eigenvalue weighted by molar-refractivity contribution is 4.90. The molecule has 3 heteroatoms. The summed E-state index contributed by atoms with van der Waals surface area (Å²) in [4.78, 5) is 5.48. The van der Waals surface area contributed by atoms with Gasteiger partial charge in [-0.05, 0) is 51.1 Å². The number of nitrogens with one attached hydrogen (secondary N) is 1. The van der Waals surface area contributed by atoms with Gasteiger partial charge in [0.15, 0.2) is 0 Å². The van der Waals surface area contributed by atoms with E-state index < -0.39 is 0 Å². The van der Waals surface area contributed by atoms with Crippen LogP contribution in [0.1, 0.15) is 51.9 Å². The van der Waals surface area contributed by atoms with Crippen LogP contribution in [0.15, 0.2) is 0 Å². The fraction of sp³-hybridized carbons (Fsp3) is 1.00. The van der Waals surface area contributed by atoms with Gasteiger partial charge >= 0.3 is 0 Å². The van der Waals surface area contributed by atoms with Gasteiger partial charge in [0.1, 0.15) is 0 Å². The maximum absolute atomic E-state index is 3.86. The van der Waals surface area contributed by atoms with Crippen molar-refractivity contribution in [2.75, 3.05) is 39.3 Å². The number of piperazine rings is 1. The summed E-state index contributed by atoms with van der Waals surface area (Å²) in [5.74, 6) is 0.947. The minimum Gasteiger partial charge on any atom is -0.312 e. The molecule has 0 amide bonds. The minimum absolute atomic E-state index is 0.755. The zero-order chi connectivity index (χ0) is 13.8. The van der Waals surface area contributed by atoms with E-state index in [1.54, 1.807) is 0 Å². The van der Waals surface area contributed by atoms with Crippen molar-refractivity contribution in [1.29, 1.82) is 0 Å². The standard InChI is InChI=1S/C17H33N3/c1-2-9-18-17(15-6-3-4-7-15)14-19-11-12-20-10-5-8-16(20)13-19/h15-18H,2-14H2,1H3. The van der Waals surface area contributed by atoms with Gasteiger partial charge in [-0.1, -0.05) is 19.8 Å². The first-order chi connectivity index (χ1) is 9.86. The lowest BCUT2D eigenvalue weighted by molar-refractivity contribution is 0.0892. The van der Waals surface area contributed by atoms with Crippen molar-refractivity contribution in [3.05, 3.63) is 0 Å². The molecule has 3 nitrogen and oxygen atoms in total. The fourth-order valence-corrected chi connectivity index (χ4v) is 4.57. The van der Waals surface area contributed by atoms with Crippen LogP contribution in [0.25, 0.3) is 0 Å². The molecule has 1 aliphatic carbocycles. The van der Waals surface area contributed by atoms with Gasteiger partial charge in [0.2, 0.25) is 0 Å². The molecule has 2 atom stereocenters. The van der Waals surface area contributed by atoms with E-state index in [9.17, 15) is 0 Å². The van der Waals surface area contributed by atoms with Crippen LogP contribution < -0.4 is 5.32 Å². The molecule has 3 aliphatic rings. The molecule has 0 aromatic rings. The molecule has 3 rings (SSSR count). The number of rotatable bonds is 6. The molecule has 0 radical (unpaired) electrons. The summed E-state index contributed by atoms with van der Waals surface area (Å²) in [6.07, 6.45) is 9.98. The van der Waals surface area contributed by atoms with Crippen LogP contribution >= 0.6 is 0 Å². The fourth-order valence-electron chi connectivity index (χ4n) is 4.57. The second-order valence-corrected chi connectivity index (χ2v) is 7.20. The van der Waals surface area contributed by atoms with Crippen molar-refractivity contribution in [2.45, 2.75) is 64.0 Å². The molecule has 0 aromatic heterocycles. The average Bonchev–Trinajstić information content (AvgIpc) is 3.13. The topological polar surface area (TPSA) is 18.5 Å². The Kier molecular flexibility index (Phi) is 5.36. The van der Waals surface area contributed by atoms with E-state index in [0.717, 1.165) is 18.0 Å². The molecule has 116 valence electrons. The Balaban J connectivity index is 1.52. The van der Waals surface area contributed by atoms with Gasteiger partial charge in [-0.25, -0.2) is 0 Å². The van der Waals surface area contributed by atoms with Crippen molar-refractivity contribution in [2.24, 2.45) is 5.92 Å². The molecule has 0 bridgehead atoms. The summed E-state index contributed by atoms with van der Waals surface area (Å²) in [5.41, 5.74) is 0. The third kappa shape index (κ3) is 3.55. The van der Waals surface area contributed by atoms with Crippen LogP contribution in [-0.4, -0.2) is 61.2 Å². The zero-order valence-electron chi connectivity index (χ0n) is 13.3. The van der Waals surface area contributed by atoms with Gasteiger partial charge < -0.3 is 5.32 Å². The van der Waals surface area contributed by atoms with Crippen molar-refractivity contribution in [1.82, 2.24) is 15.1 Å². The van der Waals surface area contributed by atoms with Crippen LogP contribution in [0.2, 0.25) is 0 Å². The monoisotopic (exact) mass is 279 g/mol. The maximum atomic E-state index is 3.86. The van der Waals surface area contributed by atoms with E-state index in [1.165, 1.54) is 84.2 Å². The Bertz CT molecular complexity index is 288. The number of hydrogen-bond donors (Lipinski definition) is 1. The Hall–Kier alpha value is -0.120. The van der Waals surface area contributed by atoms with E-state index in [-0.39, 0.29) is 0 Å². The van der Waals surface area contributed by atoms with Crippen molar-refractivity contribution >= 4 is 0 Å². The largest absolute Gasteiger partial charge is 0.312 e. The van der Waals surface area contributed by atoms with Gasteiger partial charge in [-0.15, -0.1) is 0 Å². The Morgan fingerprint density at radius 1 is 1.05 bits per heavy atom. The van der Waals surface area contributed by atoms with Crippen LogP contribution in [-0.2, 0) is 0 Å². The summed E-state index contributed by atoms with van der Waals surface area (Å²) in [5, 5.41) is 3.86. The zero-order valence-corrected chi connectivity index (χ0v) is 13.3. The molecule has 2 aliphatic heterocycles. The van der Waals surface area contributed by atoms with Gasteiger partial charge in [-0.2, -0.15) is 0 Å². The summed E-state index contributed by atoms with van der Waals surface area (Å²) >= 11 is 0. The SMILES string of the molecule is CCCNC(CN1CCN2CCCC2C1)C1CCCC1. The maximum Gasteiger partial charge on any atom is 0.0224 e. The summed E-state index contributed by atoms with van der Waals surface area (Å²) in [6.45, 7) is 10.1. The van der Waals surface area contributed by atoms with E-state index in [1.807, 2.05) is 0 Å². The molecule has 1 saturated carbocycles. The number of nitrogens with zero attached hydrogens (tertiary/aromatic N) is 2. The normalized spacial score (nSPS) is 30.8. The predicted molar refractivity (Wildman–Crippen MR) is 85.1 cm³/mol. The van der Waals surface area contributed by atoms with E-state index >= 15 is 0 Å². The molecular formula is C17H33N3. The number of fused-ring (bicyclic) bond motifs is 1. The first-order valence-electron chi connectivity index (χ1n) is 9.06.